The zero-order valence-corrected chi connectivity index (χ0v) is 10.5. The van der Waals surface area contributed by atoms with Crippen molar-refractivity contribution in [3.8, 4) is 5.88 Å². The second-order valence-corrected chi connectivity index (χ2v) is 4.04. The molecule has 0 atom stereocenters. The van der Waals surface area contributed by atoms with Gasteiger partial charge in [0.25, 0.3) is 5.56 Å². The number of hydrogen-bond acceptors (Lipinski definition) is 7. The molecule has 1 saturated heterocycles. The van der Waals surface area contributed by atoms with Crippen molar-refractivity contribution in [1.82, 2.24) is 9.97 Å². The number of nitrogens with one attached hydrogen (secondary N) is 1. The van der Waals surface area contributed by atoms with Crippen LogP contribution < -0.4 is 10.5 Å². The maximum atomic E-state index is 11.8. The lowest BCUT2D eigenvalue weighted by Gasteiger charge is -2.27. The van der Waals surface area contributed by atoms with Gasteiger partial charge in [0, 0.05) is 13.1 Å². The molecule has 0 aliphatic carbocycles. The molecule has 0 aromatic carbocycles. The minimum absolute atomic E-state index is 0.0936. The topological polar surface area (TPSA) is 105 Å². The van der Waals surface area contributed by atoms with Crippen LogP contribution in [0.5, 0.6) is 5.88 Å². The smallest absolute Gasteiger partial charge is 0.310 e. The van der Waals surface area contributed by atoms with Crippen LogP contribution in [0.25, 0.3) is 0 Å². The Hall–Kier alpha value is -2.09. The van der Waals surface area contributed by atoms with E-state index >= 15 is 0 Å². The molecule has 104 valence electrons. The minimum atomic E-state index is -0.610. The first-order chi connectivity index (χ1) is 9.11. The van der Waals surface area contributed by atoms with Gasteiger partial charge in [-0.2, -0.15) is 4.98 Å². The lowest BCUT2D eigenvalue weighted by Crippen LogP contribution is -2.38. The van der Waals surface area contributed by atoms with Gasteiger partial charge >= 0.3 is 5.97 Å². The molecule has 0 bridgehead atoms. The van der Waals surface area contributed by atoms with E-state index < -0.39 is 17.4 Å². The molecule has 1 fully saturated rings. The fourth-order valence-electron chi connectivity index (χ4n) is 1.78. The Morgan fingerprint density at radius 1 is 1.53 bits per heavy atom. The molecule has 0 radical (unpaired) electrons. The molecule has 1 aliphatic heterocycles. The van der Waals surface area contributed by atoms with E-state index in [1.54, 1.807) is 4.90 Å². The molecule has 2 N–H and O–H groups in total. The summed E-state index contributed by atoms with van der Waals surface area (Å²) in [6, 6.07) is 0. The number of esters is 1. The lowest BCUT2D eigenvalue weighted by atomic mass is 10.2. The number of aromatic hydroxyl groups is 1. The number of carbonyl (C=O) groups is 1. The molecule has 8 nitrogen and oxygen atoms in total. The van der Waals surface area contributed by atoms with Gasteiger partial charge in [0.1, 0.15) is 0 Å². The number of aromatic amines is 1. The van der Waals surface area contributed by atoms with Crippen molar-refractivity contribution in [2.75, 3.05) is 38.3 Å². The maximum absolute atomic E-state index is 11.8. The normalized spacial score (nSPS) is 15.3. The van der Waals surface area contributed by atoms with Crippen molar-refractivity contribution in [3.05, 3.63) is 15.9 Å². The molecule has 0 saturated carbocycles. The van der Waals surface area contributed by atoms with Gasteiger partial charge in [-0.25, -0.2) is 0 Å². The van der Waals surface area contributed by atoms with Crippen molar-refractivity contribution in [2.24, 2.45) is 0 Å². The zero-order valence-electron chi connectivity index (χ0n) is 10.5. The summed E-state index contributed by atoms with van der Waals surface area (Å²) in [4.78, 5) is 31.2. The molecule has 2 rings (SSSR count). The summed E-state index contributed by atoms with van der Waals surface area (Å²) in [6.07, 6.45) is -0.311. The van der Waals surface area contributed by atoms with Crippen LogP contribution in [-0.2, 0) is 20.7 Å². The van der Waals surface area contributed by atoms with Crippen molar-refractivity contribution in [3.63, 3.8) is 0 Å². The highest BCUT2D eigenvalue weighted by Crippen LogP contribution is 2.15. The second-order valence-electron chi connectivity index (χ2n) is 4.04. The maximum Gasteiger partial charge on any atom is 0.310 e. The number of carbonyl (C=O) groups excluding carboxylic acids is 1. The first kappa shape index (κ1) is 13.3. The fraction of sp³-hybridized carbons (Fsp3) is 0.545. The average Bonchev–Trinajstić information content (AvgIpc) is 2.43. The Morgan fingerprint density at radius 2 is 2.21 bits per heavy atom. The lowest BCUT2D eigenvalue weighted by molar-refractivity contribution is -0.139. The third-order valence-electron chi connectivity index (χ3n) is 2.84. The van der Waals surface area contributed by atoms with Crippen LogP contribution >= 0.6 is 0 Å². The number of rotatable bonds is 3. The molecule has 2 heterocycles. The van der Waals surface area contributed by atoms with Gasteiger partial charge in [-0.3, -0.25) is 14.6 Å². The predicted octanol–water partition coefficient (Wildman–Crippen LogP) is -0.972. The number of morpholine rings is 1. The van der Waals surface area contributed by atoms with E-state index in [4.69, 9.17) is 4.74 Å². The standard InChI is InChI=1S/C11H15N3O5/c1-18-8(15)6-7-9(16)12-11(13-10(7)17)14-2-4-19-5-3-14/h2-6H2,1H3,(H2,12,13,16,17). The van der Waals surface area contributed by atoms with Crippen LogP contribution in [-0.4, -0.2) is 54.5 Å². The Labute approximate surface area is 109 Å². The van der Waals surface area contributed by atoms with E-state index in [0.717, 1.165) is 0 Å². The number of methoxy groups -OCH3 is 1. The van der Waals surface area contributed by atoms with Gasteiger partial charge < -0.3 is 19.5 Å². The van der Waals surface area contributed by atoms with Crippen LogP contribution in [0, 0.1) is 0 Å². The largest absolute Gasteiger partial charge is 0.493 e. The van der Waals surface area contributed by atoms with E-state index in [-0.39, 0.29) is 17.9 Å². The monoisotopic (exact) mass is 269 g/mol. The van der Waals surface area contributed by atoms with Gasteiger partial charge in [-0.05, 0) is 0 Å². The summed E-state index contributed by atoms with van der Waals surface area (Å²) in [5.74, 6) is -0.781. The third kappa shape index (κ3) is 3.02. The Morgan fingerprint density at radius 3 is 2.79 bits per heavy atom. The molecule has 1 aliphatic rings. The average molecular weight is 269 g/mol. The van der Waals surface area contributed by atoms with Crippen molar-refractivity contribution in [1.29, 1.82) is 0 Å². The number of anilines is 1. The van der Waals surface area contributed by atoms with E-state index in [9.17, 15) is 14.7 Å². The van der Waals surface area contributed by atoms with Crippen LogP contribution in [0.4, 0.5) is 5.95 Å². The van der Waals surface area contributed by atoms with Gasteiger partial charge in [0.15, 0.2) is 0 Å². The Balaban J connectivity index is 2.25. The second kappa shape index (κ2) is 5.70. The quantitative estimate of drug-likeness (QED) is 0.680. The van der Waals surface area contributed by atoms with Gasteiger partial charge in [0.2, 0.25) is 11.8 Å². The van der Waals surface area contributed by atoms with Gasteiger partial charge in [-0.15, -0.1) is 0 Å². The number of ether oxygens (including phenoxy) is 2. The predicted molar refractivity (Wildman–Crippen MR) is 65.3 cm³/mol. The van der Waals surface area contributed by atoms with E-state index in [0.29, 0.717) is 26.3 Å². The fourth-order valence-corrected chi connectivity index (χ4v) is 1.78. The molecule has 0 amide bonds. The highest BCUT2D eigenvalue weighted by molar-refractivity contribution is 5.73. The number of H-pyrrole nitrogens is 1. The summed E-state index contributed by atoms with van der Waals surface area (Å²) < 4.78 is 9.64. The Kier molecular flexibility index (Phi) is 4.00. The summed E-state index contributed by atoms with van der Waals surface area (Å²) >= 11 is 0. The summed E-state index contributed by atoms with van der Waals surface area (Å²) in [6.45, 7) is 2.24. The number of nitrogens with zero attached hydrogens (tertiary/aromatic N) is 2. The molecule has 1 aromatic rings. The Bertz CT molecular complexity index is 522. The van der Waals surface area contributed by atoms with Crippen LogP contribution in [0.3, 0.4) is 0 Å². The van der Waals surface area contributed by atoms with Crippen LogP contribution in [0.15, 0.2) is 4.79 Å². The van der Waals surface area contributed by atoms with Crippen LogP contribution in [0.2, 0.25) is 0 Å². The minimum Gasteiger partial charge on any atom is -0.493 e. The number of aromatic nitrogens is 2. The van der Waals surface area contributed by atoms with Crippen LogP contribution in [0.1, 0.15) is 5.56 Å². The van der Waals surface area contributed by atoms with Gasteiger partial charge in [-0.1, -0.05) is 0 Å². The first-order valence-corrected chi connectivity index (χ1v) is 5.83. The summed E-state index contributed by atoms with van der Waals surface area (Å²) in [5, 5.41) is 9.75. The number of hydrogen-bond donors (Lipinski definition) is 2. The van der Waals surface area contributed by atoms with E-state index in [1.165, 1.54) is 7.11 Å². The van der Waals surface area contributed by atoms with Crippen molar-refractivity contribution in [2.45, 2.75) is 6.42 Å². The molecule has 8 heteroatoms. The molecule has 0 spiro atoms. The van der Waals surface area contributed by atoms with Crippen molar-refractivity contribution >= 4 is 11.9 Å². The van der Waals surface area contributed by atoms with Gasteiger partial charge in [0.05, 0.1) is 32.3 Å². The summed E-state index contributed by atoms with van der Waals surface area (Å²) in [7, 11) is 1.21. The molecule has 0 unspecified atom stereocenters. The molecule has 1 aromatic heterocycles. The molecular weight excluding hydrogens is 254 g/mol. The highest BCUT2D eigenvalue weighted by atomic mass is 16.5. The van der Waals surface area contributed by atoms with Crippen molar-refractivity contribution < 1.29 is 19.4 Å². The zero-order chi connectivity index (χ0) is 13.8. The summed E-state index contributed by atoms with van der Waals surface area (Å²) in [5.41, 5.74) is -0.636. The SMILES string of the molecule is COC(=O)Cc1c(O)nc(N2CCOCC2)[nH]c1=O. The molecule has 19 heavy (non-hydrogen) atoms. The third-order valence-corrected chi connectivity index (χ3v) is 2.84. The van der Waals surface area contributed by atoms with E-state index in [1.807, 2.05) is 0 Å². The van der Waals surface area contributed by atoms with E-state index in [2.05, 4.69) is 14.7 Å². The first-order valence-electron chi connectivity index (χ1n) is 5.83. The molecular formula is C11H15N3O5. The highest BCUT2D eigenvalue weighted by Gasteiger charge is 2.19.